The number of aromatic nitrogens is 2. The van der Waals surface area contributed by atoms with Crippen LogP contribution in [0.4, 0.5) is 0 Å². The molecule has 0 unspecified atom stereocenters. The molecule has 0 spiro atoms. The summed E-state index contributed by atoms with van der Waals surface area (Å²) in [6, 6.07) is 0. The quantitative estimate of drug-likeness (QED) is 0.772. The molecule has 0 bridgehead atoms. The molecule has 4 heteroatoms. The summed E-state index contributed by atoms with van der Waals surface area (Å²) in [6.07, 6.45) is 6.99. The van der Waals surface area contributed by atoms with Gasteiger partial charge in [-0.05, 0) is 12.8 Å². The van der Waals surface area contributed by atoms with Crippen LogP contribution in [-0.2, 0) is 17.3 Å². The second-order valence-electron chi connectivity index (χ2n) is 4.00. The van der Waals surface area contributed by atoms with Crippen LogP contribution in [0.2, 0.25) is 0 Å². The number of carboxylic acids is 1. The smallest absolute Gasteiger partial charge is 0.314 e. The first-order valence-electron chi connectivity index (χ1n) is 4.88. The number of hydrogen-bond donors (Lipinski definition) is 1. The van der Waals surface area contributed by atoms with Crippen LogP contribution in [0.1, 0.15) is 31.2 Å². The van der Waals surface area contributed by atoms with Crippen molar-refractivity contribution < 1.29 is 9.90 Å². The van der Waals surface area contributed by atoms with Gasteiger partial charge in [0.15, 0.2) is 0 Å². The standard InChI is InChI=1S/C10H14N2O2/c1-12-7-8(6-11-12)10(9(13)14)4-2-3-5-10/h6-7H,2-5H2,1H3,(H,13,14). The van der Waals surface area contributed by atoms with Crippen molar-refractivity contribution in [3.63, 3.8) is 0 Å². The molecule has 0 saturated heterocycles. The van der Waals surface area contributed by atoms with Gasteiger partial charge in [0.1, 0.15) is 0 Å². The second kappa shape index (κ2) is 3.12. The number of nitrogens with zero attached hydrogens (tertiary/aromatic N) is 2. The van der Waals surface area contributed by atoms with Gasteiger partial charge in [-0.1, -0.05) is 12.8 Å². The minimum absolute atomic E-state index is 0.658. The van der Waals surface area contributed by atoms with Crippen LogP contribution in [0.25, 0.3) is 0 Å². The van der Waals surface area contributed by atoms with Crippen LogP contribution in [0.15, 0.2) is 12.4 Å². The average molecular weight is 194 g/mol. The molecule has 1 saturated carbocycles. The van der Waals surface area contributed by atoms with Gasteiger partial charge in [0.25, 0.3) is 0 Å². The summed E-state index contributed by atoms with van der Waals surface area (Å²) in [5, 5.41) is 13.3. The average Bonchev–Trinajstić information content (AvgIpc) is 2.71. The number of aliphatic carboxylic acids is 1. The summed E-state index contributed by atoms with van der Waals surface area (Å²) < 4.78 is 1.67. The first-order valence-corrected chi connectivity index (χ1v) is 4.88. The number of aryl methyl sites for hydroxylation is 1. The predicted molar refractivity (Wildman–Crippen MR) is 51.0 cm³/mol. The molecular formula is C10H14N2O2. The maximum atomic E-state index is 11.3. The number of hydrogen-bond acceptors (Lipinski definition) is 2. The molecule has 2 rings (SSSR count). The highest BCUT2D eigenvalue weighted by atomic mass is 16.4. The van der Waals surface area contributed by atoms with Crippen molar-refractivity contribution in [2.24, 2.45) is 7.05 Å². The van der Waals surface area contributed by atoms with Crippen molar-refractivity contribution >= 4 is 5.97 Å². The van der Waals surface area contributed by atoms with Crippen LogP contribution in [-0.4, -0.2) is 20.9 Å². The zero-order valence-corrected chi connectivity index (χ0v) is 8.23. The van der Waals surface area contributed by atoms with Crippen LogP contribution in [0, 0.1) is 0 Å². The van der Waals surface area contributed by atoms with E-state index in [1.165, 1.54) is 0 Å². The maximum absolute atomic E-state index is 11.3. The molecule has 1 heterocycles. The zero-order chi connectivity index (χ0) is 10.2. The third kappa shape index (κ3) is 1.22. The lowest BCUT2D eigenvalue weighted by Crippen LogP contribution is -2.32. The fourth-order valence-electron chi connectivity index (χ4n) is 2.27. The molecule has 0 radical (unpaired) electrons. The topological polar surface area (TPSA) is 55.1 Å². The fraction of sp³-hybridized carbons (Fsp3) is 0.600. The third-order valence-electron chi connectivity index (χ3n) is 3.12. The van der Waals surface area contributed by atoms with Gasteiger partial charge in [-0.25, -0.2) is 0 Å². The summed E-state index contributed by atoms with van der Waals surface area (Å²) >= 11 is 0. The van der Waals surface area contributed by atoms with Crippen molar-refractivity contribution in [3.05, 3.63) is 18.0 Å². The van der Waals surface area contributed by atoms with E-state index in [1.807, 2.05) is 13.2 Å². The van der Waals surface area contributed by atoms with E-state index >= 15 is 0 Å². The molecule has 4 nitrogen and oxygen atoms in total. The summed E-state index contributed by atoms with van der Waals surface area (Å²) in [4.78, 5) is 11.3. The molecule has 76 valence electrons. The molecule has 0 aromatic carbocycles. The van der Waals surface area contributed by atoms with Gasteiger partial charge in [0, 0.05) is 18.8 Å². The molecule has 14 heavy (non-hydrogen) atoms. The summed E-state index contributed by atoms with van der Waals surface area (Å²) in [7, 11) is 1.81. The largest absolute Gasteiger partial charge is 0.481 e. The first kappa shape index (κ1) is 9.24. The van der Waals surface area contributed by atoms with E-state index in [0.29, 0.717) is 0 Å². The minimum Gasteiger partial charge on any atom is -0.481 e. The summed E-state index contributed by atoms with van der Waals surface area (Å²) in [5.74, 6) is -0.706. The van der Waals surface area contributed by atoms with Gasteiger partial charge in [-0.2, -0.15) is 5.10 Å². The van der Waals surface area contributed by atoms with E-state index in [4.69, 9.17) is 0 Å². The Kier molecular flexibility index (Phi) is 2.06. The molecule has 1 aliphatic carbocycles. The van der Waals surface area contributed by atoms with Crippen LogP contribution in [0.5, 0.6) is 0 Å². The lowest BCUT2D eigenvalue weighted by molar-refractivity contribution is -0.143. The summed E-state index contributed by atoms with van der Waals surface area (Å²) in [5.41, 5.74) is 0.193. The van der Waals surface area contributed by atoms with Gasteiger partial charge in [0.05, 0.1) is 11.6 Å². The van der Waals surface area contributed by atoms with E-state index in [-0.39, 0.29) is 0 Å². The molecular weight excluding hydrogens is 180 g/mol. The van der Waals surface area contributed by atoms with E-state index < -0.39 is 11.4 Å². The van der Waals surface area contributed by atoms with E-state index in [2.05, 4.69) is 5.10 Å². The minimum atomic E-state index is -0.706. The molecule has 1 fully saturated rings. The van der Waals surface area contributed by atoms with Gasteiger partial charge >= 0.3 is 5.97 Å². The Hall–Kier alpha value is -1.32. The monoisotopic (exact) mass is 194 g/mol. The molecule has 1 aliphatic rings. The van der Waals surface area contributed by atoms with Gasteiger partial charge < -0.3 is 5.11 Å². The zero-order valence-electron chi connectivity index (χ0n) is 8.23. The maximum Gasteiger partial charge on any atom is 0.314 e. The Morgan fingerprint density at radius 2 is 2.21 bits per heavy atom. The number of rotatable bonds is 2. The molecule has 0 atom stereocenters. The summed E-state index contributed by atoms with van der Waals surface area (Å²) in [6.45, 7) is 0. The highest BCUT2D eigenvalue weighted by molar-refractivity contribution is 5.81. The second-order valence-corrected chi connectivity index (χ2v) is 4.00. The van der Waals surface area contributed by atoms with Crippen LogP contribution < -0.4 is 0 Å². The third-order valence-corrected chi connectivity index (χ3v) is 3.12. The Morgan fingerprint density at radius 1 is 1.57 bits per heavy atom. The molecule has 1 N–H and O–H groups in total. The van der Waals surface area contributed by atoms with E-state index in [9.17, 15) is 9.90 Å². The number of carbonyl (C=O) groups is 1. The molecule has 0 amide bonds. The lowest BCUT2D eigenvalue weighted by atomic mass is 9.81. The predicted octanol–water partition coefficient (Wildman–Crippen LogP) is 1.32. The molecule has 0 aliphatic heterocycles. The molecule has 1 aromatic rings. The Bertz CT molecular complexity index is 351. The molecule has 1 aromatic heterocycles. The fourth-order valence-corrected chi connectivity index (χ4v) is 2.27. The first-order chi connectivity index (χ1) is 6.65. The van der Waals surface area contributed by atoms with Crippen molar-refractivity contribution in [1.82, 2.24) is 9.78 Å². The lowest BCUT2D eigenvalue weighted by Gasteiger charge is -2.21. The SMILES string of the molecule is Cn1cc(C2(C(=O)O)CCCC2)cn1. The Balaban J connectivity index is 2.41. The van der Waals surface area contributed by atoms with Gasteiger partial charge in [-0.15, -0.1) is 0 Å². The van der Waals surface area contributed by atoms with Gasteiger partial charge in [-0.3, -0.25) is 9.48 Å². The van der Waals surface area contributed by atoms with Crippen LogP contribution in [0.3, 0.4) is 0 Å². The van der Waals surface area contributed by atoms with Gasteiger partial charge in [0.2, 0.25) is 0 Å². The highest BCUT2D eigenvalue weighted by Gasteiger charge is 2.43. The Morgan fingerprint density at radius 3 is 2.64 bits per heavy atom. The van der Waals surface area contributed by atoms with Crippen molar-refractivity contribution in [2.75, 3.05) is 0 Å². The van der Waals surface area contributed by atoms with Crippen molar-refractivity contribution in [2.45, 2.75) is 31.1 Å². The highest BCUT2D eigenvalue weighted by Crippen LogP contribution is 2.41. The van der Waals surface area contributed by atoms with Crippen LogP contribution >= 0.6 is 0 Å². The van der Waals surface area contributed by atoms with Crippen molar-refractivity contribution in [1.29, 1.82) is 0 Å². The van der Waals surface area contributed by atoms with Crippen molar-refractivity contribution in [3.8, 4) is 0 Å². The number of carboxylic acid groups (broad SMARTS) is 1. The normalized spacial score (nSPS) is 19.8. The van der Waals surface area contributed by atoms with E-state index in [0.717, 1.165) is 31.2 Å². The van der Waals surface area contributed by atoms with E-state index in [1.54, 1.807) is 10.9 Å². The Labute approximate surface area is 82.5 Å².